The summed E-state index contributed by atoms with van der Waals surface area (Å²) in [6, 6.07) is 8.28. The molecule has 1 aliphatic heterocycles. The third-order valence-corrected chi connectivity index (χ3v) is 4.86. The Morgan fingerprint density at radius 3 is 2.80 bits per heavy atom. The van der Waals surface area contributed by atoms with Crippen molar-refractivity contribution < 1.29 is 4.79 Å². The number of nitrogens with one attached hydrogen (secondary N) is 1. The van der Waals surface area contributed by atoms with Crippen LogP contribution in [-0.4, -0.2) is 51.2 Å². The number of rotatable bonds is 6. The van der Waals surface area contributed by atoms with Crippen molar-refractivity contribution in [1.29, 1.82) is 0 Å². The van der Waals surface area contributed by atoms with Gasteiger partial charge in [0.1, 0.15) is 12.7 Å². The number of amides is 1. The lowest BCUT2D eigenvalue weighted by atomic mass is 9.97. The third-order valence-electron chi connectivity index (χ3n) is 4.86. The second-order valence-corrected chi connectivity index (χ2v) is 7.10. The van der Waals surface area contributed by atoms with Gasteiger partial charge in [-0.3, -0.25) is 4.79 Å². The normalized spacial score (nSPS) is 18.4. The van der Waals surface area contributed by atoms with Crippen molar-refractivity contribution >= 4 is 5.91 Å². The topological polar surface area (TPSA) is 63.1 Å². The lowest BCUT2D eigenvalue weighted by molar-refractivity contribution is 0.0922. The molecule has 0 aliphatic carbocycles. The summed E-state index contributed by atoms with van der Waals surface area (Å²) >= 11 is 0. The van der Waals surface area contributed by atoms with Crippen LogP contribution in [0, 0.1) is 5.92 Å². The van der Waals surface area contributed by atoms with Gasteiger partial charge in [0.25, 0.3) is 5.91 Å². The highest BCUT2D eigenvalue weighted by Gasteiger charge is 2.22. The molecule has 2 aromatic rings. The van der Waals surface area contributed by atoms with Crippen LogP contribution in [0.3, 0.4) is 0 Å². The Balaban J connectivity index is 1.49. The Bertz CT molecular complexity index is 666. The van der Waals surface area contributed by atoms with Gasteiger partial charge in [0, 0.05) is 24.7 Å². The van der Waals surface area contributed by atoms with Crippen molar-refractivity contribution in [2.45, 2.75) is 39.3 Å². The van der Waals surface area contributed by atoms with Gasteiger partial charge in [-0.25, -0.2) is 9.67 Å². The van der Waals surface area contributed by atoms with Crippen LogP contribution < -0.4 is 5.32 Å². The van der Waals surface area contributed by atoms with Crippen LogP contribution >= 0.6 is 0 Å². The highest BCUT2D eigenvalue weighted by atomic mass is 16.1. The second-order valence-electron chi connectivity index (χ2n) is 7.10. The van der Waals surface area contributed by atoms with E-state index in [0.29, 0.717) is 24.1 Å². The Kier molecular flexibility index (Phi) is 5.81. The molecule has 134 valence electrons. The molecule has 0 unspecified atom stereocenters. The van der Waals surface area contributed by atoms with E-state index in [1.165, 1.54) is 25.7 Å². The number of hydrogen-bond donors (Lipinski definition) is 1. The summed E-state index contributed by atoms with van der Waals surface area (Å²) in [6.45, 7) is 8.14. The molecule has 6 heteroatoms. The Labute approximate surface area is 149 Å². The summed E-state index contributed by atoms with van der Waals surface area (Å²) in [7, 11) is 0. The highest BCUT2D eigenvalue weighted by Crippen LogP contribution is 2.18. The summed E-state index contributed by atoms with van der Waals surface area (Å²) < 4.78 is 1.76. The van der Waals surface area contributed by atoms with Gasteiger partial charge in [0.2, 0.25) is 0 Å². The van der Waals surface area contributed by atoms with Crippen molar-refractivity contribution in [3.63, 3.8) is 0 Å². The van der Waals surface area contributed by atoms with Crippen LogP contribution in [0.15, 0.2) is 36.9 Å². The van der Waals surface area contributed by atoms with Gasteiger partial charge in [0.15, 0.2) is 0 Å². The summed E-state index contributed by atoms with van der Waals surface area (Å²) in [5.41, 5.74) is 1.81. The molecule has 0 radical (unpaired) electrons. The molecule has 25 heavy (non-hydrogen) atoms. The smallest absolute Gasteiger partial charge is 0.251 e. The van der Waals surface area contributed by atoms with Gasteiger partial charge in [-0.2, -0.15) is 5.10 Å². The largest absolute Gasteiger partial charge is 0.352 e. The Morgan fingerprint density at radius 1 is 1.32 bits per heavy atom. The number of hydrogen-bond acceptors (Lipinski definition) is 4. The molecule has 0 spiro atoms. The lowest BCUT2D eigenvalue weighted by Gasteiger charge is -2.35. The number of nitrogens with zero attached hydrogens (tertiary/aromatic N) is 4. The van der Waals surface area contributed by atoms with Crippen LogP contribution in [0.5, 0.6) is 0 Å². The molecule has 1 aliphatic rings. The molecular formula is C19H27N5O. The van der Waals surface area contributed by atoms with Crippen LogP contribution in [0.1, 0.15) is 42.6 Å². The zero-order chi connectivity index (χ0) is 17.6. The maximum Gasteiger partial charge on any atom is 0.251 e. The molecule has 6 nitrogen and oxygen atoms in total. The maximum absolute atomic E-state index is 12.4. The van der Waals surface area contributed by atoms with Gasteiger partial charge in [-0.15, -0.1) is 0 Å². The number of carbonyl (C=O) groups is 1. The van der Waals surface area contributed by atoms with Gasteiger partial charge in [-0.1, -0.05) is 12.1 Å². The zero-order valence-corrected chi connectivity index (χ0v) is 15.1. The predicted octanol–water partition coefficient (Wildman–Crippen LogP) is 2.18. The highest BCUT2D eigenvalue weighted by molar-refractivity contribution is 5.94. The SMILES string of the molecule is CC(C)N1CCC[C@@H](CNC(=O)c2ccc(Cn3cncn3)cc2)C1. The van der Waals surface area contributed by atoms with Crippen molar-refractivity contribution in [1.82, 2.24) is 25.0 Å². The Morgan fingerprint density at radius 2 is 2.12 bits per heavy atom. The first kappa shape index (κ1) is 17.6. The van der Waals surface area contributed by atoms with Gasteiger partial charge < -0.3 is 10.2 Å². The van der Waals surface area contributed by atoms with E-state index in [0.717, 1.165) is 18.7 Å². The summed E-state index contributed by atoms with van der Waals surface area (Å²) in [6.07, 6.45) is 5.62. The monoisotopic (exact) mass is 341 g/mol. The molecule has 1 N–H and O–H groups in total. The maximum atomic E-state index is 12.4. The molecule has 1 amide bonds. The molecule has 2 heterocycles. The van der Waals surface area contributed by atoms with E-state index < -0.39 is 0 Å². The molecule has 1 atom stereocenters. The standard InChI is InChI=1S/C19H27N5O/c1-15(2)23-9-3-4-17(11-23)10-21-19(25)18-7-5-16(6-8-18)12-24-14-20-13-22-24/h5-8,13-15,17H,3-4,9-12H2,1-2H3,(H,21,25)/t17-/m0/s1. The molecular weight excluding hydrogens is 314 g/mol. The third kappa shape index (κ3) is 4.89. The van der Waals surface area contributed by atoms with Crippen LogP contribution in [0.2, 0.25) is 0 Å². The van der Waals surface area contributed by atoms with E-state index in [2.05, 4.69) is 34.1 Å². The summed E-state index contributed by atoms with van der Waals surface area (Å²) in [4.78, 5) is 18.8. The molecule has 0 saturated carbocycles. The van der Waals surface area contributed by atoms with E-state index in [4.69, 9.17) is 0 Å². The van der Waals surface area contributed by atoms with Crippen molar-refractivity contribution in [2.24, 2.45) is 5.92 Å². The molecule has 1 fully saturated rings. The fraction of sp³-hybridized carbons (Fsp3) is 0.526. The number of likely N-dealkylation sites (tertiary alicyclic amines) is 1. The number of carbonyl (C=O) groups excluding carboxylic acids is 1. The minimum atomic E-state index is 0.00831. The van der Waals surface area contributed by atoms with Gasteiger partial charge in [-0.05, 0) is 56.8 Å². The lowest BCUT2D eigenvalue weighted by Crippen LogP contribution is -2.43. The molecule has 0 bridgehead atoms. The van der Waals surface area contributed by atoms with E-state index >= 15 is 0 Å². The van der Waals surface area contributed by atoms with E-state index in [1.807, 2.05) is 24.3 Å². The first-order chi connectivity index (χ1) is 12.1. The minimum absolute atomic E-state index is 0.00831. The number of aromatic nitrogens is 3. The Hall–Kier alpha value is -2.21. The van der Waals surface area contributed by atoms with Crippen LogP contribution in [0.4, 0.5) is 0 Å². The second kappa shape index (κ2) is 8.25. The summed E-state index contributed by atoms with van der Waals surface area (Å²) in [5.74, 6) is 0.556. The van der Waals surface area contributed by atoms with Crippen LogP contribution in [-0.2, 0) is 6.54 Å². The van der Waals surface area contributed by atoms with Crippen LogP contribution in [0.25, 0.3) is 0 Å². The minimum Gasteiger partial charge on any atom is -0.352 e. The first-order valence-corrected chi connectivity index (χ1v) is 9.05. The zero-order valence-electron chi connectivity index (χ0n) is 15.1. The fourth-order valence-electron chi connectivity index (χ4n) is 3.33. The van der Waals surface area contributed by atoms with E-state index in [1.54, 1.807) is 11.0 Å². The van der Waals surface area contributed by atoms with E-state index in [-0.39, 0.29) is 5.91 Å². The summed E-state index contributed by atoms with van der Waals surface area (Å²) in [5, 5.41) is 7.19. The number of benzene rings is 1. The van der Waals surface area contributed by atoms with Crippen molar-refractivity contribution in [3.05, 3.63) is 48.0 Å². The average Bonchev–Trinajstić information content (AvgIpc) is 3.13. The van der Waals surface area contributed by atoms with Crippen molar-refractivity contribution in [3.8, 4) is 0 Å². The van der Waals surface area contributed by atoms with E-state index in [9.17, 15) is 4.79 Å². The molecule has 1 saturated heterocycles. The van der Waals surface area contributed by atoms with Gasteiger partial charge in [0.05, 0.1) is 6.54 Å². The first-order valence-electron chi connectivity index (χ1n) is 9.05. The quantitative estimate of drug-likeness (QED) is 0.875. The predicted molar refractivity (Wildman–Crippen MR) is 97.3 cm³/mol. The molecule has 1 aromatic carbocycles. The fourth-order valence-corrected chi connectivity index (χ4v) is 3.33. The molecule has 1 aromatic heterocycles. The van der Waals surface area contributed by atoms with Gasteiger partial charge >= 0.3 is 0 Å². The average molecular weight is 341 g/mol. The number of piperidine rings is 1. The van der Waals surface area contributed by atoms with Crippen molar-refractivity contribution in [2.75, 3.05) is 19.6 Å². The molecule has 3 rings (SSSR count).